The lowest BCUT2D eigenvalue weighted by atomic mass is 10.2. The lowest BCUT2D eigenvalue weighted by Crippen LogP contribution is -2.25. The molecule has 4 rings (SSSR count). The van der Waals surface area contributed by atoms with Gasteiger partial charge in [-0.3, -0.25) is 9.36 Å². The van der Waals surface area contributed by atoms with Crippen molar-refractivity contribution in [3.8, 4) is 11.6 Å². The first-order chi connectivity index (χ1) is 15.7. The summed E-state index contributed by atoms with van der Waals surface area (Å²) < 4.78 is 7.87. The number of carbonyl (C=O) groups excluding carboxylic acids is 1. The molecule has 1 N–H and O–H groups in total. The first-order valence-corrected chi connectivity index (χ1v) is 11.3. The summed E-state index contributed by atoms with van der Waals surface area (Å²) in [4.78, 5) is 21.2. The molecule has 0 saturated heterocycles. The van der Waals surface area contributed by atoms with Crippen LogP contribution in [0, 0.1) is 6.92 Å². The fourth-order valence-electron chi connectivity index (χ4n) is 3.20. The number of rotatable bonds is 9. The van der Waals surface area contributed by atoms with Crippen molar-refractivity contribution in [2.45, 2.75) is 25.2 Å². The van der Waals surface area contributed by atoms with Crippen LogP contribution in [-0.4, -0.2) is 26.2 Å². The highest BCUT2D eigenvalue weighted by molar-refractivity contribution is 7.99. The predicted octanol–water partition coefficient (Wildman–Crippen LogP) is 4.56. The molecule has 2 aromatic carbocycles. The Labute approximate surface area is 191 Å². The molecule has 6 nitrogen and oxygen atoms in total. The summed E-state index contributed by atoms with van der Waals surface area (Å²) in [6.07, 6.45) is 5.35. The first-order valence-electron chi connectivity index (χ1n) is 10.3. The van der Waals surface area contributed by atoms with Crippen LogP contribution < -0.4 is 10.1 Å². The van der Waals surface area contributed by atoms with Gasteiger partial charge in [0.25, 0.3) is 0 Å². The molecule has 4 aromatic rings. The number of hydrogen-bond donors (Lipinski definition) is 1. The minimum atomic E-state index is -0.0767. The molecule has 0 saturated carbocycles. The predicted molar refractivity (Wildman–Crippen MR) is 126 cm³/mol. The molecule has 0 spiro atoms. The van der Waals surface area contributed by atoms with E-state index in [4.69, 9.17) is 4.74 Å². The van der Waals surface area contributed by atoms with Gasteiger partial charge in [-0.05, 0) is 30.2 Å². The minimum Gasteiger partial charge on any atom is -0.473 e. The van der Waals surface area contributed by atoms with Gasteiger partial charge in [0.2, 0.25) is 11.8 Å². The second kappa shape index (κ2) is 10.6. The van der Waals surface area contributed by atoms with Crippen molar-refractivity contribution in [3.63, 3.8) is 0 Å². The van der Waals surface area contributed by atoms with Crippen LogP contribution >= 0.6 is 11.8 Å². The molecule has 0 aliphatic heterocycles. The van der Waals surface area contributed by atoms with Crippen molar-refractivity contribution in [2.24, 2.45) is 0 Å². The summed E-state index contributed by atoms with van der Waals surface area (Å²) in [6, 6.07) is 21.8. The molecule has 1 amide bonds. The quantitative estimate of drug-likeness (QED) is 0.383. The summed E-state index contributed by atoms with van der Waals surface area (Å²) in [5.41, 5.74) is 4.11. The smallest absolute Gasteiger partial charge is 0.230 e. The SMILES string of the molecule is Cc1ccccc1-n1ccnc1SCC(=O)NCc1cccnc1OCc1ccccc1. The normalized spacial score (nSPS) is 10.7. The summed E-state index contributed by atoms with van der Waals surface area (Å²) in [5, 5.41) is 3.73. The molecule has 0 aliphatic carbocycles. The molecule has 32 heavy (non-hydrogen) atoms. The van der Waals surface area contributed by atoms with Crippen LogP contribution in [0.5, 0.6) is 5.88 Å². The maximum Gasteiger partial charge on any atom is 0.230 e. The van der Waals surface area contributed by atoms with E-state index in [2.05, 4.69) is 28.3 Å². The van der Waals surface area contributed by atoms with Crippen molar-refractivity contribution in [2.75, 3.05) is 5.75 Å². The van der Waals surface area contributed by atoms with Crippen molar-refractivity contribution in [1.82, 2.24) is 19.9 Å². The molecule has 2 aromatic heterocycles. The summed E-state index contributed by atoms with van der Waals surface area (Å²) in [7, 11) is 0. The van der Waals surface area contributed by atoms with Gasteiger partial charge in [0.1, 0.15) is 6.61 Å². The molecular formula is C25H24N4O2S. The van der Waals surface area contributed by atoms with Crippen LogP contribution in [0.4, 0.5) is 0 Å². The van der Waals surface area contributed by atoms with Crippen LogP contribution in [0.3, 0.4) is 0 Å². The van der Waals surface area contributed by atoms with E-state index in [0.717, 1.165) is 27.5 Å². The fourth-order valence-corrected chi connectivity index (χ4v) is 4.00. The van der Waals surface area contributed by atoms with Crippen LogP contribution in [-0.2, 0) is 17.9 Å². The largest absolute Gasteiger partial charge is 0.473 e. The topological polar surface area (TPSA) is 69.0 Å². The maximum absolute atomic E-state index is 12.5. The monoisotopic (exact) mass is 444 g/mol. The maximum atomic E-state index is 12.5. The summed E-state index contributed by atoms with van der Waals surface area (Å²) >= 11 is 1.41. The highest BCUT2D eigenvalue weighted by Gasteiger charge is 2.12. The number of thioether (sulfide) groups is 1. The molecular weight excluding hydrogens is 420 g/mol. The average Bonchev–Trinajstić information content (AvgIpc) is 3.30. The standard InChI is InChI=1S/C25H24N4O2S/c1-19-8-5-6-12-22(19)29-15-14-27-25(29)32-18-23(30)28-16-21-11-7-13-26-24(21)31-17-20-9-3-2-4-10-20/h2-15H,16-18H2,1H3,(H,28,30). The zero-order valence-electron chi connectivity index (χ0n) is 17.8. The molecule has 162 valence electrons. The van der Waals surface area contributed by atoms with Gasteiger partial charge in [-0.15, -0.1) is 0 Å². The molecule has 0 bridgehead atoms. The Morgan fingerprint density at radius 2 is 1.81 bits per heavy atom. The van der Waals surface area contributed by atoms with Gasteiger partial charge in [0.05, 0.1) is 11.4 Å². The molecule has 0 radical (unpaired) electrons. The number of ether oxygens (including phenoxy) is 1. The fraction of sp³-hybridized carbons (Fsp3) is 0.160. The van der Waals surface area contributed by atoms with Gasteiger partial charge in [-0.25, -0.2) is 9.97 Å². The van der Waals surface area contributed by atoms with E-state index in [1.807, 2.05) is 71.4 Å². The van der Waals surface area contributed by atoms with E-state index in [0.29, 0.717) is 19.0 Å². The van der Waals surface area contributed by atoms with Crippen LogP contribution in [0.15, 0.2) is 90.5 Å². The third-order valence-corrected chi connectivity index (χ3v) is 5.83. The van der Waals surface area contributed by atoms with Crippen molar-refractivity contribution < 1.29 is 9.53 Å². The second-order valence-electron chi connectivity index (χ2n) is 7.17. The Morgan fingerprint density at radius 1 is 1.00 bits per heavy atom. The Bertz CT molecular complexity index is 1180. The van der Waals surface area contributed by atoms with Gasteiger partial charge in [0.15, 0.2) is 5.16 Å². The summed E-state index contributed by atoms with van der Waals surface area (Å²) in [6.45, 7) is 2.83. The molecule has 0 aliphatic rings. The lowest BCUT2D eigenvalue weighted by molar-refractivity contribution is -0.118. The molecule has 2 heterocycles. The van der Waals surface area contributed by atoms with Crippen LogP contribution in [0.2, 0.25) is 0 Å². The number of aromatic nitrogens is 3. The van der Waals surface area contributed by atoms with Crippen LogP contribution in [0.1, 0.15) is 16.7 Å². The third-order valence-electron chi connectivity index (χ3n) is 4.86. The van der Waals surface area contributed by atoms with Gasteiger partial charge >= 0.3 is 0 Å². The molecule has 0 fully saturated rings. The number of imidazole rings is 1. The van der Waals surface area contributed by atoms with Crippen molar-refractivity contribution >= 4 is 17.7 Å². The zero-order valence-corrected chi connectivity index (χ0v) is 18.6. The van der Waals surface area contributed by atoms with Crippen molar-refractivity contribution in [1.29, 1.82) is 0 Å². The van der Waals surface area contributed by atoms with Gasteiger partial charge in [-0.1, -0.05) is 66.4 Å². The number of para-hydroxylation sites is 1. The van der Waals surface area contributed by atoms with E-state index >= 15 is 0 Å². The molecule has 7 heteroatoms. The highest BCUT2D eigenvalue weighted by Crippen LogP contribution is 2.22. The average molecular weight is 445 g/mol. The number of nitrogens with one attached hydrogen (secondary N) is 1. The Balaban J connectivity index is 1.32. The number of pyridine rings is 1. The van der Waals surface area contributed by atoms with E-state index in [9.17, 15) is 4.79 Å². The number of nitrogens with zero attached hydrogens (tertiary/aromatic N) is 3. The van der Waals surface area contributed by atoms with E-state index < -0.39 is 0 Å². The van der Waals surface area contributed by atoms with Gasteiger partial charge in [-0.2, -0.15) is 0 Å². The Hall–Kier alpha value is -3.58. The Kier molecular flexibility index (Phi) is 7.19. The summed E-state index contributed by atoms with van der Waals surface area (Å²) in [5.74, 6) is 0.718. The third kappa shape index (κ3) is 5.56. The number of carbonyl (C=O) groups is 1. The van der Waals surface area contributed by atoms with Crippen LogP contribution in [0.25, 0.3) is 5.69 Å². The Morgan fingerprint density at radius 3 is 2.66 bits per heavy atom. The molecule has 0 unspecified atom stereocenters. The van der Waals surface area contributed by atoms with E-state index in [-0.39, 0.29) is 11.7 Å². The minimum absolute atomic E-state index is 0.0767. The number of amides is 1. The van der Waals surface area contributed by atoms with Gasteiger partial charge in [0, 0.05) is 30.7 Å². The number of hydrogen-bond acceptors (Lipinski definition) is 5. The molecule has 0 atom stereocenters. The number of aryl methyl sites for hydroxylation is 1. The van der Waals surface area contributed by atoms with E-state index in [1.54, 1.807) is 12.4 Å². The lowest BCUT2D eigenvalue weighted by Gasteiger charge is -2.12. The zero-order chi connectivity index (χ0) is 22.2. The van der Waals surface area contributed by atoms with E-state index in [1.165, 1.54) is 11.8 Å². The van der Waals surface area contributed by atoms with Gasteiger partial charge < -0.3 is 10.1 Å². The first kappa shape index (κ1) is 21.6. The second-order valence-corrected chi connectivity index (χ2v) is 8.12. The van der Waals surface area contributed by atoms with Crippen molar-refractivity contribution in [3.05, 3.63) is 102 Å². The number of benzene rings is 2. The highest BCUT2D eigenvalue weighted by atomic mass is 32.2.